The molecule has 1 fully saturated rings. The molecule has 1 aliphatic rings. The molecule has 0 spiro atoms. The lowest BCUT2D eigenvalue weighted by Gasteiger charge is -2.30. The molecule has 13 heteroatoms. The maximum absolute atomic E-state index is 13.4. The minimum absolute atomic E-state index is 0.0836. The zero-order valence-corrected chi connectivity index (χ0v) is 27.1. The van der Waals surface area contributed by atoms with Crippen molar-refractivity contribution in [2.24, 2.45) is 11.1 Å². The molecule has 1 saturated carbocycles. The SMILES string of the molecule is C[C@@H](O[C@H](C)C(F)(F)F)[C@H](NS(=O)C(C)(C)C)c1nc2ccc([C@H](N)C3(C#N)CC3)cc2n1COCC[Si](C)(C)C. The second kappa shape index (κ2) is 12.4. The molecule has 1 heterocycles. The Hall–Kier alpha value is -1.82. The second-order valence-electron chi connectivity index (χ2n) is 13.2. The maximum atomic E-state index is 13.4. The molecule has 8 nitrogen and oxygen atoms in total. The van der Waals surface area contributed by atoms with Gasteiger partial charge in [-0.15, -0.1) is 0 Å². The Bertz CT molecular complexity index is 1280. The van der Waals surface area contributed by atoms with Gasteiger partial charge in [-0.2, -0.15) is 18.4 Å². The summed E-state index contributed by atoms with van der Waals surface area (Å²) < 4.78 is 69.2. The number of nitrogens with two attached hydrogens (primary N) is 1. The van der Waals surface area contributed by atoms with Crippen LogP contribution in [0.5, 0.6) is 0 Å². The van der Waals surface area contributed by atoms with Gasteiger partial charge < -0.3 is 19.8 Å². The number of fused-ring (bicyclic) bond motifs is 1. The molecule has 5 atom stereocenters. The van der Waals surface area contributed by atoms with Gasteiger partial charge >= 0.3 is 6.18 Å². The van der Waals surface area contributed by atoms with Crippen molar-refractivity contribution < 1.29 is 26.9 Å². The number of nitrogens with zero attached hydrogens (tertiary/aromatic N) is 3. The van der Waals surface area contributed by atoms with Gasteiger partial charge in [-0.25, -0.2) is 13.9 Å². The lowest BCUT2D eigenvalue weighted by molar-refractivity contribution is -0.227. The first-order valence-electron chi connectivity index (χ1n) is 13.9. The molecule has 2 aromatic rings. The molecule has 0 amide bonds. The number of nitrogens with one attached hydrogen (secondary N) is 1. The van der Waals surface area contributed by atoms with E-state index in [2.05, 4.69) is 30.4 Å². The Labute approximate surface area is 244 Å². The second-order valence-corrected chi connectivity index (χ2v) is 20.9. The van der Waals surface area contributed by atoms with Crippen molar-refractivity contribution in [2.45, 2.75) is 115 Å². The van der Waals surface area contributed by atoms with Crippen molar-refractivity contribution in [3.05, 3.63) is 29.6 Å². The van der Waals surface area contributed by atoms with Crippen molar-refractivity contribution >= 4 is 30.1 Å². The summed E-state index contributed by atoms with van der Waals surface area (Å²) in [6.45, 7) is 15.1. The zero-order valence-electron chi connectivity index (χ0n) is 25.3. The number of imidazole rings is 1. The predicted molar refractivity (Wildman–Crippen MR) is 158 cm³/mol. The van der Waals surface area contributed by atoms with Gasteiger partial charge in [0.1, 0.15) is 18.6 Å². The average Bonchev–Trinajstić information content (AvgIpc) is 3.58. The third-order valence-corrected chi connectivity index (χ3v) is 10.7. The normalized spacial score (nSPS) is 19.4. The van der Waals surface area contributed by atoms with Crippen LogP contribution in [0.4, 0.5) is 13.2 Å². The van der Waals surface area contributed by atoms with Gasteiger partial charge in [0.05, 0.1) is 44.4 Å². The largest absolute Gasteiger partial charge is 0.414 e. The third-order valence-electron chi connectivity index (χ3n) is 7.40. The highest BCUT2D eigenvalue weighted by Crippen LogP contribution is 2.53. The van der Waals surface area contributed by atoms with Crippen LogP contribution in [0.15, 0.2) is 18.2 Å². The number of hydrogen-bond acceptors (Lipinski definition) is 6. The van der Waals surface area contributed by atoms with Gasteiger partial charge in [-0.1, -0.05) is 25.7 Å². The first-order valence-corrected chi connectivity index (χ1v) is 18.8. The van der Waals surface area contributed by atoms with Crippen LogP contribution in [0, 0.1) is 16.7 Å². The molecular weight excluding hydrogens is 571 g/mol. The Kier molecular flexibility index (Phi) is 10.2. The number of rotatable bonds is 13. The first-order chi connectivity index (χ1) is 18.8. The number of halogens is 3. The highest BCUT2D eigenvalue weighted by atomic mass is 32.2. The van der Waals surface area contributed by atoms with Crippen LogP contribution in [-0.4, -0.2) is 51.6 Å². The lowest BCUT2D eigenvalue weighted by atomic mass is 9.92. The number of hydrogen-bond donors (Lipinski definition) is 2. The van der Waals surface area contributed by atoms with Crippen LogP contribution in [-0.2, 0) is 27.2 Å². The smallest absolute Gasteiger partial charge is 0.364 e. The van der Waals surface area contributed by atoms with Crippen LogP contribution in [0.3, 0.4) is 0 Å². The van der Waals surface area contributed by atoms with Crippen molar-refractivity contribution in [3.63, 3.8) is 0 Å². The summed E-state index contributed by atoms with van der Waals surface area (Å²) in [6, 6.07) is 7.32. The number of aromatic nitrogens is 2. The average molecular weight is 616 g/mol. The van der Waals surface area contributed by atoms with Crippen LogP contribution in [0.1, 0.15) is 70.9 Å². The van der Waals surface area contributed by atoms with Crippen LogP contribution < -0.4 is 10.5 Å². The number of nitriles is 1. The minimum atomic E-state index is -4.56. The summed E-state index contributed by atoms with van der Waals surface area (Å²) in [5.41, 5.74) is 7.94. The summed E-state index contributed by atoms with van der Waals surface area (Å²) in [5, 5.41) is 9.69. The van der Waals surface area contributed by atoms with E-state index in [-0.39, 0.29) is 6.73 Å². The zero-order chi connectivity index (χ0) is 31.0. The Morgan fingerprint density at radius 1 is 1.24 bits per heavy atom. The Morgan fingerprint density at radius 3 is 2.39 bits per heavy atom. The molecule has 0 aliphatic heterocycles. The number of alkyl halides is 3. The summed E-state index contributed by atoms with van der Waals surface area (Å²) in [4.78, 5) is 4.79. The Morgan fingerprint density at radius 2 is 1.88 bits per heavy atom. The van der Waals surface area contributed by atoms with E-state index in [1.807, 2.05) is 12.1 Å². The van der Waals surface area contributed by atoms with E-state index in [4.69, 9.17) is 20.2 Å². The number of benzene rings is 1. The van der Waals surface area contributed by atoms with Gasteiger partial charge in [0, 0.05) is 20.7 Å². The van der Waals surface area contributed by atoms with Gasteiger partial charge in [-0.3, -0.25) is 0 Å². The molecule has 3 rings (SSSR count). The first kappa shape index (κ1) is 33.7. The van der Waals surface area contributed by atoms with Gasteiger partial charge in [0.15, 0.2) is 6.10 Å². The summed E-state index contributed by atoms with van der Waals surface area (Å²) >= 11 is 0. The summed E-state index contributed by atoms with van der Waals surface area (Å²) in [5.74, 6) is 0.347. The molecular formula is C28H44F3N5O3SSi. The molecule has 1 aliphatic carbocycles. The quantitative estimate of drug-likeness (QED) is 0.208. The molecule has 230 valence electrons. The maximum Gasteiger partial charge on any atom is 0.414 e. The van der Waals surface area contributed by atoms with Crippen LogP contribution >= 0.6 is 0 Å². The fraction of sp³-hybridized carbons (Fsp3) is 0.714. The van der Waals surface area contributed by atoms with Crippen LogP contribution in [0.2, 0.25) is 25.7 Å². The van der Waals surface area contributed by atoms with E-state index in [9.17, 15) is 22.6 Å². The van der Waals surface area contributed by atoms with Gasteiger partial charge in [0.2, 0.25) is 0 Å². The summed E-state index contributed by atoms with van der Waals surface area (Å²) in [7, 11) is -3.03. The molecule has 0 saturated heterocycles. The fourth-order valence-electron chi connectivity index (χ4n) is 4.33. The molecule has 0 radical (unpaired) electrons. The minimum Gasteiger partial charge on any atom is -0.364 e. The topological polar surface area (TPSA) is 115 Å². The molecule has 1 aromatic carbocycles. The highest BCUT2D eigenvalue weighted by molar-refractivity contribution is 7.84. The fourth-order valence-corrected chi connectivity index (χ4v) is 5.97. The van der Waals surface area contributed by atoms with Crippen molar-refractivity contribution in [1.29, 1.82) is 5.26 Å². The van der Waals surface area contributed by atoms with E-state index in [0.29, 0.717) is 23.5 Å². The van der Waals surface area contributed by atoms with Crippen molar-refractivity contribution in [3.8, 4) is 6.07 Å². The lowest BCUT2D eigenvalue weighted by Crippen LogP contribution is -2.43. The molecule has 3 N–H and O–H groups in total. The standard InChI is InChI=1S/C28H44F3N5O3SSi/c1-18(39-19(2)28(29,30)31)23(35-40(37)26(3,4)5)25-34-21-10-9-20(24(33)27(16-32)11-12-27)15-22(21)36(25)17-38-13-14-41(6,7)8/h9-10,15,18-19,23-24,35H,11-14,17,33H2,1-8H3/t18-,19-,23+,24+,40?/m1/s1. The predicted octanol–water partition coefficient (Wildman–Crippen LogP) is 6.10. The van der Waals surface area contributed by atoms with Crippen LogP contribution in [0.25, 0.3) is 11.0 Å². The monoisotopic (exact) mass is 615 g/mol. The van der Waals surface area contributed by atoms with Crippen molar-refractivity contribution in [1.82, 2.24) is 14.3 Å². The van der Waals surface area contributed by atoms with E-state index in [1.54, 1.807) is 31.4 Å². The highest BCUT2D eigenvalue weighted by Gasteiger charge is 2.49. The third kappa shape index (κ3) is 8.39. The van der Waals surface area contributed by atoms with E-state index < -0.39 is 59.7 Å². The molecule has 1 unspecified atom stereocenters. The van der Waals surface area contributed by atoms with E-state index in [1.165, 1.54) is 6.92 Å². The van der Waals surface area contributed by atoms with Crippen molar-refractivity contribution in [2.75, 3.05) is 6.61 Å². The molecule has 0 bridgehead atoms. The van der Waals surface area contributed by atoms with Gasteiger partial charge in [-0.05, 0) is 71.2 Å². The summed E-state index contributed by atoms with van der Waals surface area (Å²) in [6.07, 6.45) is -6.20. The van der Waals surface area contributed by atoms with E-state index >= 15 is 0 Å². The molecule has 41 heavy (non-hydrogen) atoms. The van der Waals surface area contributed by atoms with Gasteiger partial charge in [0.25, 0.3) is 0 Å². The Balaban J connectivity index is 2.10. The molecule has 1 aromatic heterocycles. The van der Waals surface area contributed by atoms with E-state index in [0.717, 1.165) is 31.4 Å². The number of ether oxygens (including phenoxy) is 2.